The minimum Gasteiger partial charge on any atom is -0.481 e. The Balaban J connectivity index is 1.82. The Morgan fingerprint density at radius 1 is 1.21 bits per heavy atom. The fourth-order valence-electron chi connectivity index (χ4n) is 3.20. The highest BCUT2D eigenvalue weighted by Gasteiger charge is 2.24. The van der Waals surface area contributed by atoms with Gasteiger partial charge in [-0.25, -0.2) is 0 Å². The van der Waals surface area contributed by atoms with Crippen LogP contribution in [0.3, 0.4) is 0 Å². The Bertz CT molecular complexity index is 493. The second-order valence-electron chi connectivity index (χ2n) is 6.64. The number of carbonyl (C=O) groups excluding carboxylic acids is 1. The van der Waals surface area contributed by atoms with Crippen LogP contribution in [-0.4, -0.2) is 42.6 Å². The third-order valence-corrected chi connectivity index (χ3v) is 4.75. The van der Waals surface area contributed by atoms with E-state index in [0.29, 0.717) is 6.42 Å². The summed E-state index contributed by atoms with van der Waals surface area (Å²) in [5.41, 5.74) is 1.28. The molecule has 134 valence electrons. The van der Waals surface area contributed by atoms with Gasteiger partial charge in [-0.15, -0.1) is 0 Å². The summed E-state index contributed by atoms with van der Waals surface area (Å²) in [5, 5.41) is 3.18. The molecule has 1 saturated heterocycles. The average molecular weight is 332 g/mol. The van der Waals surface area contributed by atoms with E-state index in [1.165, 1.54) is 12.0 Å². The van der Waals surface area contributed by atoms with Crippen molar-refractivity contribution in [2.24, 2.45) is 0 Å². The monoisotopic (exact) mass is 332 g/mol. The molecule has 0 bridgehead atoms. The minimum absolute atomic E-state index is 0.0195. The van der Waals surface area contributed by atoms with Gasteiger partial charge in [-0.05, 0) is 56.3 Å². The molecule has 1 aromatic carbocycles. The number of ether oxygens (including phenoxy) is 1. The molecule has 0 saturated carbocycles. The van der Waals surface area contributed by atoms with E-state index >= 15 is 0 Å². The molecule has 1 atom stereocenters. The van der Waals surface area contributed by atoms with Crippen LogP contribution < -0.4 is 10.1 Å². The molecular formula is C20H32N2O2. The average Bonchev–Trinajstić information content (AvgIpc) is 2.62. The van der Waals surface area contributed by atoms with Gasteiger partial charge in [0.15, 0.2) is 6.10 Å². The molecule has 0 radical (unpaired) electrons. The van der Waals surface area contributed by atoms with Crippen LogP contribution in [0.4, 0.5) is 0 Å². The second-order valence-corrected chi connectivity index (χ2v) is 6.64. The first-order valence-electron chi connectivity index (χ1n) is 9.44. The van der Waals surface area contributed by atoms with Crippen LogP contribution in [0.15, 0.2) is 24.3 Å². The predicted octanol–water partition coefficient (Wildman–Crippen LogP) is 3.40. The topological polar surface area (TPSA) is 41.6 Å². The summed E-state index contributed by atoms with van der Waals surface area (Å²) in [7, 11) is 0. The van der Waals surface area contributed by atoms with Gasteiger partial charge >= 0.3 is 0 Å². The lowest BCUT2D eigenvalue weighted by Crippen LogP contribution is -2.48. The number of nitrogens with zero attached hydrogens (tertiary/aromatic N) is 1. The van der Waals surface area contributed by atoms with Crippen molar-refractivity contribution in [2.75, 3.05) is 19.6 Å². The number of piperidine rings is 1. The normalized spacial score (nSPS) is 17.5. The lowest BCUT2D eigenvalue weighted by molar-refractivity contribution is -0.129. The van der Waals surface area contributed by atoms with E-state index in [0.717, 1.165) is 44.6 Å². The standard InChI is InChI=1S/C20H32N2O2/c1-4-13-22-14-11-17(12-15-22)21-20(23)19(6-3)24-18-9-7-16(5-2)8-10-18/h7-10,17,19H,4-6,11-15H2,1-3H3,(H,21,23)/t19-/m1/s1. The molecule has 2 rings (SSSR count). The molecule has 24 heavy (non-hydrogen) atoms. The number of likely N-dealkylation sites (tertiary alicyclic amines) is 1. The Morgan fingerprint density at radius 2 is 1.88 bits per heavy atom. The van der Waals surface area contributed by atoms with Crippen molar-refractivity contribution < 1.29 is 9.53 Å². The van der Waals surface area contributed by atoms with E-state index in [2.05, 4.69) is 36.2 Å². The molecule has 1 fully saturated rings. The first kappa shape index (κ1) is 18.8. The van der Waals surface area contributed by atoms with Crippen LogP contribution in [0.2, 0.25) is 0 Å². The quantitative estimate of drug-likeness (QED) is 0.793. The summed E-state index contributed by atoms with van der Waals surface area (Å²) < 4.78 is 5.90. The van der Waals surface area contributed by atoms with Crippen LogP contribution in [-0.2, 0) is 11.2 Å². The highest BCUT2D eigenvalue weighted by Crippen LogP contribution is 2.16. The lowest BCUT2D eigenvalue weighted by Gasteiger charge is -2.32. The van der Waals surface area contributed by atoms with Crippen LogP contribution in [0, 0.1) is 0 Å². The van der Waals surface area contributed by atoms with Gasteiger partial charge in [-0.2, -0.15) is 0 Å². The van der Waals surface area contributed by atoms with E-state index < -0.39 is 6.10 Å². The van der Waals surface area contributed by atoms with Crippen LogP contribution in [0.5, 0.6) is 5.75 Å². The van der Waals surface area contributed by atoms with Gasteiger partial charge in [0.1, 0.15) is 5.75 Å². The second kappa shape index (κ2) is 9.67. The van der Waals surface area contributed by atoms with Gasteiger partial charge in [0.05, 0.1) is 0 Å². The van der Waals surface area contributed by atoms with Crippen molar-refractivity contribution in [3.8, 4) is 5.75 Å². The molecule has 1 N–H and O–H groups in total. The Kier molecular flexibility index (Phi) is 7.57. The highest BCUT2D eigenvalue weighted by atomic mass is 16.5. The Hall–Kier alpha value is -1.55. The Morgan fingerprint density at radius 3 is 2.42 bits per heavy atom. The largest absolute Gasteiger partial charge is 0.481 e. The molecule has 0 aromatic heterocycles. The summed E-state index contributed by atoms with van der Waals surface area (Å²) in [5.74, 6) is 0.790. The third-order valence-electron chi connectivity index (χ3n) is 4.75. The first-order chi connectivity index (χ1) is 11.7. The fourth-order valence-corrected chi connectivity index (χ4v) is 3.20. The van der Waals surface area contributed by atoms with Gasteiger partial charge < -0.3 is 15.0 Å². The first-order valence-corrected chi connectivity index (χ1v) is 9.44. The maximum atomic E-state index is 12.5. The van der Waals surface area contributed by atoms with Crippen molar-refractivity contribution >= 4 is 5.91 Å². The van der Waals surface area contributed by atoms with Gasteiger partial charge in [0, 0.05) is 19.1 Å². The fraction of sp³-hybridized carbons (Fsp3) is 0.650. The number of benzene rings is 1. The number of amides is 1. The molecule has 1 aromatic rings. The van der Waals surface area contributed by atoms with Crippen LogP contribution in [0.1, 0.15) is 52.0 Å². The molecule has 4 nitrogen and oxygen atoms in total. The predicted molar refractivity (Wildman–Crippen MR) is 98.4 cm³/mol. The number of aryl methyl sites for hydroxylation is 1. The van der Waals surface area contributed by atoms with E-state index in [9.17, 15) is 4.79 Å². The van der Waals surface area contributed by atoms with Crippen LogP contribution in [0.25, 0.3) is 0 Å². The number of rotatable bonds is 8. The molecule has 1 aliphatic heterocycles. The highest BCUT2D eigenvalue weighted by molar-refractivity contribution is 5.81. The smallest absolute Gasteiger partial charge is 0.261 e. The third kappa shape index (κ3) is 5.52. The zero-order valence-electron chi connectivity index (χ0n) is 15.4. The molecule has 0 unspecified atom stereocenters. The molecule has 4 heteroatoms. The van der Waals surface area contributed by atoms with E-state index in [4.69, 9.17) is 4.74 Å². The van der Waals surface area contributed by atoms with E-state index in [1.54, 1.807) is 0 Å². The van der Waals surface area contributed by atoms with Crippen molar-refractivity contribution in [3.63, 3.8) is 0 Å². The SMILES string of the molecule is CCCN1CCC(NC(=O)[C@@H](CC)Oc2ccc(CC)cc2)CC1. The molecule has 1 amide bonds. The summed E-state index contributed by atoms with van der Waals surface area (Å²) in [6, 6.07) is 8.31. The zero-order chi connectivity index (χ0) is 17.4. The molecule has 1 aliphatic rings. The van der Waals surface area contributed by atoms with Gasteiger partial charge in [-0.1, -0.05) is 32.9 Å². The summed E-state index contributed by atoms with van der Waals surface area (Å²) in [6.45, 7) is 9.65. The van der Waals surface area contributed by atoms with Crippen molar-refractivity contribution in [1.29, 1.82) is 0 Å². The summed E-state index contributed by atoms with van der Waals surface area (Å²) >= 11 is 0. The number of carbonyl (C=O) groups is 1. The molecule has 0 aliphatic carbocycles. The van der Waals surface area contributed by atoms with Crippen molar-refractivity contribution in [1.82, 2.24) is 10.2 Å². The Labute approximate surface area is 146 Å². The summed E-state index contributed by atoms with van der Waals surface area (Å²) in [6.07, 6.45) is 4.54. The molecule has 0 spiro atoms. The molecular weight excluding hydrogens is 300 g/mol. The van der Waals surface area contributed by atoms with Gasteiger partial charge in [0.2, 0.25) is 0 Å². The van der Waals surface area contributed by atoms with Crippen molar-refractivity contribution in [2.45, 2.75) is 65.0 Å². The maximum Gasteiger partial charge on any atom is 0.261 e. The van der Waals surface area contributed by atoms with Gasteiger partial charge in [-0.3, -0.25) is 4.79 Å². The van der Waals surface area contributed by atoms with Gasteiger partial charge in [0.25, 0.3) is 5.91 Å². The van der Waals surface area contributed by atoms with E-state index in [1.807, 2.05) is 19.1 Å². The van der Waals surface area contributed by atoms with Crippen molar-refractivity contribution in [3.05, 3.63) is 29.8 Å². The number of nitrogens with one attached hydrogen (secondary N) is 1. The molecule has 1 heterocycles. The number of hydrogen-bond donors (Lipinski definition) is 1. The maximum absolute atomic E-state index is 12.5. The van der Waals surface area contributed by atoms with Crippen LogP contribution >= 0.6 is 0 Å². The number of hydrogen-bond acceptors (Lipinski definition) is 3. The zero-order valence-corrected chi connectivity index (χ0v) is 15.4. The summed E-state index contributed by atoms with van der Waals surface area (Å²) in [4.78, 5) is 15.0. The lowest BCUT2D eigenvalue weighted by atomic mass is 10.0. The van der Waals surface area contributed by atoms with E-state index in [-0.39, 0.29) is 11.9 Å². The minimum atomic E-state index is -0.411.